The maximum atomic E-state index is 11.2. The number of anilines is 1. The summed E-state index contributed by atoms with van der Waals surface area (Å²) in [5, 5.41) is 5.03. The number of methoxy groups -OCH3 is 1. The lowest BCUT2D eigenvalue weighted by Gasteiger charge is -2.08. The number of rotatable bonds is 3. The Labute approximate surface area is 87.8 Å². The fourth-order valence-corrected chi connectivity index (χ4v) is 0.946. The standard InChI is InChI=1S/C10H11N3O2/c1-3-6-12-10(14)13-8-5-4-7-11-9(8)15-2/h1,4-5,7H,6H2,2H3,(H2,12,13,14). The van der Waals surface area contributed by atoms with Gasteiger partial charge in [0.2, 0.25) is 5.88 Å². The number of amides is 2. The summed E-state index contributed by atoms with van der Waals surface area (Å²) in [7, 11) is 1.48. The van der Waals surface area contributed by atoms with Crippen molar-refractivity contribution in [3.8, 4) is 18.2 Å². The van der Waals surface area contributed by atoms with Crippen LogP contribution in [0.25, 0.3) is 0 Å². The molecule has 0 aromatic carbocycles. The molecule has 0 unspecified atom stereocenters. The van der Waals surface area contributed by atoms with Crippen LogP contribution >= 0.6 is 0 Å². The lowest BCUT2D eigenvalue weighted by atomic mass is 10.4. The summed E-state index contributed by atoms with van der Waals surface area (Å²) in [6.45, 7) is 0.175. The van der Waals surface area contributed by atoms with Gasteiger partial charge < -0.3 is 15.4 Å². The monoisotopic (exact) mass is 205 g/mol. The number of ether oxygens (including phenoxy) is 1. The van der Waals surface area contributed by atoms with Crippen LogP contribution in [0, 0.1) is 12.3 Å². The smallest absolute Gasteiger partial charge is 0.320 e. The van der Waals surface area contributed by atoms with E-state index in [2.05, 4.69) is 21.5 Å². The Morgan fingerprint density at radius 3 is 3.20 bits per heavy atom. The Morgan fingerprint density at radius 2 is 2.53 bits per heavy atom. The Kier molecular flexibility index (Phi) is 3.98. The van der Waals surface area contributed by atoms with E-state index < -0.39 is 0 Å². The first-order chi connectivity index (χ1) is 7.27. The molecule has 0 spiro atoms. The van der Waals surface area contributed by atoms with Gasteiger partial charge in [0.25, 0.3) is 0 Å². The van der Waals surface area contributed by atoms with Gasteiger partial charge in [-0.2, -0.15) is 0 Å². The molecule has 0 atom stereocenters. The third-order valence-corrected chi connectivity index (χ3v) is 1.56. The molecule has 0 fully saturated rings. The van der Waals surface area contributed by atoms with Crippen LogP contribution in [0.4, 0.5) is 10.5 Å². The van der Waals surface area contributed by atoms with Crippen LogP contribution in [0.1, 0.15) is 0 Å². The second-order valence-corrected chi connectivity index (χ2v) is 2.57. The second-order valence-electron chi connectivity index (χ2n) is 2.57. The van der Waals surface area contributed by atoms with Crippen molar-refractivity contribution in [3.63, 3.8) is 0 Å². The Morgan fingerprint density at radius 1 is 1.73 bits per heavy atom. The fraction of sp³-hybridized carbons (Fsp3) is 0.200. The minimum Gasteiger partial charge on any atom is -0.480 e. The topological polar surface area (TPSA) is 63.2 Å². The van der Waals surface area contributed by atoms with E-state index >= 15 is 0 Å². The molecular weight excluding hydrogens is 194 g/mol. The normalized spacial score (nSPS) is 8.80. The van der Waals surface area contributed by atoms with Crippen LogP contribution in [0.3, 0.4) is 0 Å². The zero-order valence-electron chi connectivity index (χ0n) is 8.28. The quantitative estimate of drug-likeness (QED) is 0.719. The van der Waals surface area contributed by atoms with E-state index in [-0.39, 0.29) is 12.6 Å². The summed E-state index contributed by atoms with van der Waals surface area (Å²) in [5.41, 5.74) is 0.495. The molecule has 0 aliphatic rings. The molecule has 0 saturated heterocycles. The highest BCUT2D eigenvalue weighted by Gasteiger charge is 2.06. The van der Waals surface area contributed by atoms with Crippen LogP contribution in [0.5, 0.6) is 5.88 Å². The summed E-state index contributed by atoms with van der Waals surface area (Å²) < 4.78 is 4.96. The molecule has 1 heterocycles. The number of carbonyl (C=O) groups is 1. The molecule has 1 aromatic rings. The molecule has 0 saturated carbocycles. The number of pyridine rings is 1. The predicted octanol–water partition coefficient (Wildman–Crippen LogP) is 0.845. The average molecular weight is 205 g/mol. The lowest BCUT2D eigenvalue weighted by Crippen LogP contribution is -2.29. The molecule has 0 aliphatic heterocycles. The molecule has 15 heavy (non-hydrogen) atoms. The summed E-state index contributed by atoms with van der Waals surface area (Å²) in [4.78, 5) is 15.2. The van der Waals surface area contributed by atoms with Gasteiger partial charge in [0.1, 0.15) is 5.69 Å². The van der Waals surface area contributed by atoms with E-state index in [0.717, 1.165) is 0 Å². The van der Waals surface area contributed by atoms with Crippen molar-refractivity contribution < 1.29 is 9.53 Å². The number of hydrogen-bond donors (Lipinski definition) is 2. The minimum atomic E-state index is -0.390. The number of carbonyl (C=O) groups excluding carboxylic acids is 1. The molecule has 1 rings (SSSR count). The van der Waals surface area contributed by atoms with Crippen molar-refractivity contribution in [2.24, 2.45) is 0 Å². The number of nitrogens with zero attached hydrogens (tertiary/aromatic N) is 1. The van der Waals surface area contributed by atoms with E-state index in [4.69, 9.17) is 11.2 Å². The Bertz CT molecular complexity index is 384. The van der Waals surface area contributed by atoms with Crippen molar-refractivity contribution in [2.45, 2.75) is 0 Å². The third-order valence-electron chi connectivity index (χ3n) is 1.56. The van der Waals surface area contributed by atoms with E-state index in [1.807, 2.05) is 0 Å². The number of terminal acetylenes is 1. The van der Waals surface area contributed by atoms with E-state index in [0.29, 0.717) is 11.6 Å². The maximum absolute atomic E-state index is 11.2. The summed E-state index contributed by atoms with van der Waals surface area (Å²) in [6, 6.07) is 2.99. The molecule has 5 nitrogen and oxygen atoms in total. The number of aromatic nitrogens is 1. The van der Waals surface area contributed by atoms with Crippen LogP contribution in [0.2, 0.25) is 0 Å². The largest absolute Gasteiger partial charge is 0.480 e. The zero-order chi connectivity index (χ0) is 11.1. The van der Waals surface area contributed by atoms with E-state index in [9.17, 15) is 4.79 Å². The van der Waals surface area contributed by atoms with Crippen molar-refractivity contribution in [1.82, 2.24) is 10.3 Å². The molecule has 0 bridgehead atoms. The highest BCUT2D eigenvalue weighted by Crippen LogP contribution is 2.19. The average Bonchev–Trinajstić information content (AvgIpc) is 2.27. The number of urea groups is 1. The highest BCUT2D eigenvalue weighted by atomic mass is 16.5. The van der Waals surface area contributed by atoms with E-state index in [1.54, 1.807) is 18.3 Å². The van der Waals surface area contributed by atoms with Crippen molar-refractivity contribution in [2.75, 3.05) is 19.0 Å². The lowest BCUT2D eigenvalue weighted by molar-refractivity contribution is 0.253. The van der Waals surface area contributed by atoms with Gasteiger partial charge in [-0.05, 0) is 12.1 Å². The molecule has 2 N–H and O–H groups in total. The van der Waals surface area contributed by atoms with Gasteiger partial charge in [-0.3, -0.25) is 0 Å². The van der Waals surface area contributed by atoms with E-state index in [1.165, 1.54) is 7.11 Å². The number of nitrogens with one attached hydrogen (secondary N) is 2. The van der Waals surface area contributed by atoms with Gasteiger partial charge in [-0.1, -0.05) is 5.92 Å². The van der Waals surface area contributed by atoms with Gasteiger partial charge in [0.05, 0.1) is 13.7 Å². The van der Waals surface area contributed by atoms with Crippen LogP contribution < -0.4 is 15.4 Å². The zero-order valence-corrected chi connectivity index (χ0v) is 8.28. The van der Waals surface area contributed by atoms with Gasteiger partial charge in [-0.25, -0.2) is 9.78 Å². The Hall–Kier alpha value is -2.22. The molecule has 5 heteroatoms. The summed E-state index contributed by atoms with van der Waals surface area (Å²) in [5.74, 6) is 2.65. The van der Waals surface area contributed by atoms with Crippen molar-refractivity contribution in [1.29, 1.82) is 0 Å². The van der Waals surface area contributed by atoms with Gasteiger partial charge in [0, 0.05) is 6.20 Å². The molecule has 2 amide bonds. The Balaban J connectivity index is 2.64. The van der Waals surface area contributed by atoms with Gasteiger partial charge in [-0.15, -0.1) is 6.42 Å². The third kappa shape index (κ3) is 3.19. The van der Waals surface area contributed by atoms with Crippen LogP contribution in [-0.2, 0) is 0 Å². The first-order valence-corrected chi connectivity index (χ1v) is 4.25. The van der Waals surface area contributed by atoms with Crippen LogP contribution in [-0.4, -0.2) is 24.7 Å². The number of hydrogen-bond acceptors (Lipinski definition) is 3. The van der Waals surface area contributed by atoms with Crippen molar-refractivity contribution >= 4 is 11.7 Å². The molecule has 78 valence electrons. The predicted molar refractivity (Wildman–Crippen MR) is 56.6 cm³/mol. The van der Waals surface area contributed by atoms with Crippen molar-refractivity contribution in [3.05, 3.63) is 18.3 Å². The molecule has 0 radical (unpaired) electrons. The van der Waals surface area contributed by atoms with Crippen LogP contribution in [0.15, 0.2) is 18.3 Å². The second kappa shape index (κ2) is 5.50. The molecule has 1 aromatic heterocycles. The SMILES string of the molecule is C#CCNC(=O)Nc1cccnc1OC. The summed E-state index contributed by atoms with van der Waals surface area (Å²) in [6.07, 6.45) is 6.57. The van der Waals surface area contributed by atoms with Gasteiger partial charge in [0.15, 0.2) is 0 Å². The first kappa shape index (κ1) is 10.9. The fourth-order valence-electron chi connectivity index (χ4n) is 0.946. The minimum absolute atomic E-state index is 0.175. The molecule has 0 aliphatic carbocycles. The van der Waals surface area contributed by atoms with Gasteiger partial charge >= 0.3 is 6.03 Å². The summed E-state index contributed by atoms with van der Waals surface area (Å²) >= 11 is 0. The first-order valence-electron chi connectivity index (χ1n) is 4.25. The highest BCUT2D eigenvalue weighted by molar-refractivity contribution is 5.90. The maximum Gasteiger partial charge on any atom is 0.320 e. The molecular formula is C10H11N3O2.